The first-order valence-corrected chi connectivity index (χ1v) is 15.2. The molecule has 1 aliphatic heterocycles. The molecule has 12 heteroatoms. The summed E-state index contributed by atoms with van der Waals surface area (Å²) >= 11 is 19.1. The highest BCUT2D eigenvalue weighted by Crippen LogP contribution is 2.39. The van der Waals surface area contributed by atoms with Crippen LogP contribution in [0.1, 0.15) is 5.56 Å². The van der Waals surface area contributed by atoms with Crippen LogP contribution in [0.5, 0.6) is 11.5 Å². The molecule has 41 heavy (non-hydrogen) atoms. The molecule has 0 N–H and O–H groups in total. The van der Waals surface area contributed by atoms with Gasteiger partial charge in [-0.05, 0) is 108 Å². The van der Waals surface area contributed by atoms with Gasteiger partial charge in [-0.3, -0.25) is 9.69 Å². The van der Waals surface area contributed by atoms with E-state index in [1.54, 1.807) is 66.7 Å². The highest BCUT2D eigenvalue weighted by Gasteiger charge is 2.35. The molecule has 1 heterocycles. The van der Waals surface area contributed by atoms with Crippen LogP contribution in [0.2, 0.25) is 15.1 Å². The van der Waals surface area contributed by atoms with E-state index in [2.05, 4.69) is 4.99 Å². The summed E-state index contributed by atoms with van der Waals surface area (Å²) < 4.78 is 36.3. The number of nitrogens with zero attached hydrogens (tertiary/aromatic N) is 2. The van der Waals surface area contributed by atoms with E-state index in [4.69, 9.17) is 43.7 Å². The van der Waals surface area contributed by atoms with Gasteiger partial charge in [0.1, 0.15) is 4.90 Å². The smallest absolute Gasteiger partial charge is 0.339 e. The van der Waals surface area contributed by atoms with Crippen molar-refractivity contribution in [3.63, 3.8) is 0 Å². The van der Waals surface area contributed by atoms with Crippen LogP contribution >= 0.6 is 46.6 Å². The lowest BCUT2D eigenvalue weighted by Gasteiger charge is -2.15. The summed E-state index contributed by atoms with van der Waals surface area (Å²) in [5.41, 5.74) is 1.80. The number of ether oxygens (including phenoxy) is 1. The van der Waals surface area contributed by atoms with Gasteiger partial charge in [-0.15, -0.1) is 0 Å². The maximum absolute atomic E-state index is 13.6. The fourth-order valence-electron chi connectivity index (χ4n) is 3.75. The second-order valence-corrected chi connectivity index (χ2v) is 12.4. The molecule has 1 saturated heterocycles. The predicted molar refractivity (Wildman–Crippen MR) is 165 cm³/mol. The molecule has 1 aliphatic rings. The van der Waals surface area contributed by atoms with E-state index in [-0.39, 0.29) is 22.3 Å². The van der Waals surface area contributed by atoms with Crippen LogP contribution in [0.4, 0.5) is 11.4 Å². The largest absolute Gasteiger partial charge is 0.493 e. The van der Waals surface area contributed by atoms with Crippen molar-refractivity contribution < 1.29 is 22.1 Å². The van der Waals surface area contributed by atoms with Crippen molar-refractivity contribution in [2.24, 2.45) is 4.99 Å². The Balaban J connectivity index is 1.47. The molecular formula is C29H19Cl3N2O5S2. The molecule has 7 nitrogen and oxygen atoms in total. The van der Waals surface area contributed by atoms with Crippen molar-refractivity contribution in [2.75, 3.05) is 12.0 Å². The van der Waals surface area contributed by atoms with Gasteiger partial charge in [0.2, 0.25) is 0 Å². The maximum atomic E-state index is 13.6. The van der Waals surface area contributed by atoms with Gasteiger partial charge in [0.05, 0.1) is 23.4 Å². The lowest BCUT2D eigenvalue weighted by molar-refractivity contribution is -0.113. The van der Waals surface area contributed by atoms with Crippen LogP contribution in [0.15, 0.2) is 106 Å². The minimum Gasteiger partial charge on any atom is -0.493 e. The molecule has 0 radical (unpaired) electrons. The van der Waals surface area contributed by atoms with Crippen LogP contribution in [-0.2, 0) is 14.9 Å². The Morgan fingerprint density at radius 2 is 1.39 bits per heavy atom. The van der Waals surface area contributed by atoms with E-state index in [1.165, 1.54) is 54.1 Å². The Labute approximate surface area is 256 Å². The summed E-state index contributed by atoms with van der Waals surface area (Å²) in [5.74, 6) is -0.144. The third kappa shape index (κ3) is 6.72. The molecule has 5 rings (SSSR count). The third-order valence-electron chi connectivity index (χ3n) is 5.73. The lowest BCUT2D eigenvalue weighted by atomic mass is 10.2. The molecule has 0 spiro atoms. The normalized spacial score (nSPS) is 15.5. The summed E-state index contributed by atoms with van der Waals surface area (Å²) in [4.78, 5) is 20.1. The van der Waals surface area contributed by atoms with Crippen LogP contribution in [0.25, 0.3) is 6.08 Å². The van der Waals surface area contributed by atoms with Gasteiger partial charge in [0.15, 0.2) is 16.7 Å². The summed E-state index contributed by atoms with van der Waals surface area (Å²) in [7, 11) is -2.75. The van der Waals surface area contributed by atoms with E-state index in [9.17, 15) is 13.2 Å². The monoisotopic (exact) mass is 644 g/mol. The highest BCUT2D eigenvalue weighted by molar-refractivity contribution is 8.19. The van der Waals surface area contributed by atoms with Crippen LogP contribution in [0.3, 0.4) is 0 Å². The first-order valence-electron chi connectivity index (χ1n) is 11.8. The number of rotatable bonds is 7. The second kappa shape index (κ2) is 12.2. The number of amides is 1. The average molecular weight is 646 g/mol. The van der Waals surface area contributed by atoms with Crippen molar-refractivity contribution in [2.45, 2.75) is 4.90 Å². The molecule has 208 valence electrons. The number of carbonyl (C=O) groups is 1. The SMILES string of the molecule is COc1cc(/C=C2\SC(=Nc3ccc(Cl)cc3)N(c3ccc(Cl)cc3)C2=O)ccc1OS(=O)(=O)c1ccc(Cl)cc1. The number of hydrogen-bond acceptors (Lipinski definition) is 7. The van der Waals surface area contributed by atoms with Gasteiger partial charge in [0.25, 0.3) is 5.91 Å². The van der Waals surface area contributed by atoms with Gasteiger partial charge < -0.3 is 8.92 Å². The van der Waals surface area contributed by atoms with Crippen molar-refractivity contribution in [3.8, 4) is 11.5 Å². The quantitative estimate of drug-likeness (QED) is 0.149. The molecule has 4 aromatic carbocycles. The number of thioether (sulfide) groups is 1. The van der Waals surface area contributed by atoms with E-state index >= 15 is 0 Å². The van der Waals surface area contributed by atoms with Crippen molar-refractivity contribution in [1.29, 1.82) is 0 Å². The molecule has 0 unspecified atom stereocenters. The molecule has 1 fully saturated rings. The minimum atomic E-state index is -4.14. The van der Waals surface area contributed by atoms with Gasteiger partial charge in [-0.1, -0.05) is 40.9 Å². The van der Waals surface area contributed by atoms with E-state index in [1.807, 2.05) is 0 Å². The number of carbonyl (C=O) groups excluding carboxylic acids is 1. The number of amidine groups is 1. The number of methoxy groups -OCH3 is 1. The number of anilines is 1. The Hall–Kier alpha value is -3.47. The highest BCUT2D eigenvalue weighted by atomic mass is 35.5. The number of halogens is 3. The fourth-order valence-corrected chi connectivity index (χ4v) is 6.07. The van der Waals surface area contributed by atoms with Crippen LogP contribution < -0.4 is 13.8 Å². The topological polar surface area (TPSA) is 85.3 Å². The Morgan fingerprint density at radius 1 is 0.805 bits per heavy atom. The molecule has 0 aliphatic carbocycles. The molecule has 0 atom stereocenters. The van der Waals surface area contributed by atoms with Gasteiger partial charge in [0, 0.05) is 15.1 Å². The zero-order valence-corrected chi connectivity index (χ0v) is 25.0. The number of benzene rings is 4. The summed E-state index contributed by atoms with van der Waals surface area (Å²) in [5, 5.41) is 1.94. The van der Waals surface area contributed by atoms with E-state index in [0.717, 1.165) is 0 Å². The van der Waals surface area contributed by atoms with Gasteiger partial charge in [-0.2, -0.15) is 8.42 Å². The van der Waals surface area contributed by atoms with Crippen molar-refractivity contribution >= 4 is 85.2 Å². The number of hydrogen-bond donors (Lipinski definition) is 0. The van der Waals surface area contributed by atoms with Crippen molar-refractivity contribution in [3.05, 3.63) is 117 Å². The molecule has 1 amide bonds. The first-order chi connectivity index (χ1) is 19.6. The number of aliphatic imine (C=N–C) groups is 1. The lowest BCUT2D eigenvalue weighted by Crippen LogP contribution is -2.28. The minimum absolute atomic E-state index is 0.0113. The van der Waals surface area contributed by atoms with Gasteiger partial charge in [-0.25, -0.2) is 4.99 Å². The molecule has 0 saturated carbocycles. The molecule has 0 aromatic heterocycles. The molecular weight excluding hydrogens is 627 g/mol. The summed E-state index contributed by atoms with van der Waals surface area (Å²) in [6.45, 7) is 0. The Bertz CT molecular complexity index is 1780. The standard InChI is InChI=1S/C29H19Cl3N2O5S2/c1-38-26-16-18(2-15-25(26)39-41(36,37)24-13-7-21(32)8-14-24)17-27-28(35)34(23-11-5-20(31)6-12-23)29(40-27)33-22-9-3-19(30)4-10-22/h2-17H,1H3/b27-17-,33-29?. The Kier molecular flexibility index (Phi) is 8.63. The molecule has 4 aromatic rings. The third-order valence-corrected chi connectivity index (χ3v) is 8.70. The van der Waals surface area contributed by atoms with Crippen molar-refractivity contribution in [1.82, 2.24) is 0 Å². The maximum Gasteiger partial charge on any atom is 0.339 e. The predicted octanol–water partition coefficient (Wildman–Crippen LogP) is 8.23. The van der Waals surface area contributed by atoms with E-state index in [0.29, 0.717) is 42.1 Å². The van der Waals surface area contributed by atoms with E-state index < -0.39 is 10.1 Å². The summed E-state index contributed by atoms with van der Waals surface area (Å²) in [6.07, 6.45) is 1.67. The second-order valence-electron chi connectivity index (χ2n) is 8.50. The van der Waals surface area contributed by atoms with Crippen LogP contribution in [-0.4, -0.2) is 26.6 Å². The Morgan fingerprint density at radius 3 is 2.00 bits per heavy atom. The first kappa shape index (κ1) is 29.0. The zero-order chi connectivity index (χ0) is 29.1. The average Bonchev–Trinajstić information content (AvgIpc) is 3.25. The fraction of sp³-hybridized carbons (Fsp3) is 0.0345. The molecule has 0 bridgehead atoms. The summed E-state index contributed by atoms with van der Waals surface area (Å²) in [6, 6.07) is 24.1. The zero-order valence-electron chi connectivity index (χ0n) is 21.1. The van der Waals surface area contributed by atoms with Crippen LogP contribution in [0, 0.1) is 0 Å². The van der Waals surface area contributed by atoms with Gasteiger partial charge >= 0.3 is 10.1 Å².